The zero-order valence-corrected chi connectivity index (χ0v) is 7.40. The molecule has 2 aromatic heterocycles. The average Bonchev–Trinajstić information content (AvgIpc) is 2.93. The molecule has 3 rings (SSSR count). The van der Waals surface area contributed by atoms with Crippen LogP contribution in [0.15, 0.2) is 11.1 Å². The smallest absolute Gasteiger partial charge is 0.279 e. The molecule has 1 aliphatic carbocycles. The van der Waals surface area contributed by atoms with Crippen LogP contribution in [0.4, 0.5) is 0 Å². The van der Waals surface area contributed by atoms with E-state index in [1.54, 1.807) is 0 Å². The highest BCUT2D eigenvalue weighted by molar-refractivity contribution is 5.69. The summed E-state index contributed by atoms with van der Waals surface area (Å²) >= 11 is 0. The third-order valence-electron chi connectivity index (χ3n) is 2.41. The molecule has 14 heavy (non-hydrogen) atoms. The summed E-state index contributed by atoms with van der Waals surface area (Å²) in [6.07, 6.45) is 3.57. The maximum atomic E-state index is 11.5. The molecule has 72 valence electrons. The summed E-state index contributed by atoms with van der Waals surface area (Å²) in [4.78, 5) is 22.4. The molecule has 0 aromatic carbocycles. The van der Waals surface area contributed by atoms with E-state index in [4.69, 9.17) is 5.84 Å². The number of imidazole rings is 1. The van der Waals surface area contributed by atoms with Crippen LogP contribution in [0, 0.1) is 0 Å². The van der Waals surface area contributed by atoms with Crippen molar-refractivity contribution in [2.24, 2.45) is 0 Å². The van der Waals surface area contributed by atoms with Crippen molar-refractivity contribution in [3.8, 4) is 0 Å². The molecule has 6 heteroatoms. The number of hydrogen-bond donors (Lipinski definition) is 2. The lowest BCUT2D eigenvalue weighted by atomic mass is 10.4. The summed E-state index contributed by atoms with van der Waals surface area (Å²) in [6.45, 7) is 0. The first-order valence-corrected chi connectivity index (χ1v) is 4.48. The van der Waals surface area contributed by atoms with Gasteiger partial charge in [-0.3, -0.25) is 4.79 Å². The summed E-state index contributed by atoms with van der Waals surface area (Å²) in [5.41, 5.74) is 0.550. The third-order valence-corrected chi connectivity index (χ3v) is 2.41. The summed E-state index contributed by atoms with van der Waals surface area (Å²) in [6, 6.07) is 0. The molecule has 0 amide bonds. The lowest BCUT2D eigenvalue weighted by Gasteiger charge is -1.97. The van der Waals surface area contributed by atoms with Gasteiger partial charge in [-0.1, -0.05) is 0 Å². The monoisotopic (exact) mass is 191 g/mol. The van der Waals surface area contributed by atoms with Gasteiger partial charge >= 0.3 is 0 Å². The first kappa shape index (κ1) is 7.54. The summed E-state index contributed by atoms with van der Waals surface area (Å²) < 4.78 is 1.27. The fraction of sp³-hybridized carbons (Fsp3) is 0.375. The Labute approximate surface area is 78.8 Å². The quantitative estimate of drug-likeness (QED) is 0.606. The molecule has 0 spiro atoms. The van der Waals surface area contributed by atoms with Gasteiger partial charge in [0, 0.05) is 5.92 Å². The molecule has 1 saturated carbocycles. The molecular formula is C8H9N5O. The van der Waals surface area contributed by atoms with E-state index >= 15 is 0 Å². The number of nitrogens with two attached hydrogens (primary N) is 1. The largest absolute Gasteiger partial charge is 0.336 e. The van der Waals surface area contributed by atoms with Crippen molar-refractivity contribution >= 4 is 11.2 Å². The number of aromatic amines is 1. The maximum absolute atomic E-state index is 11.5. The lowest BCUT2D eigenvalue weighted by Crippen LogP contribution is -2.14. The van der Waals surface area contributed by atoms with Crippen molar-refractivity contribution < 1.29 is 0 Å². The number of nitrogens with zero attached hydrogens (tertiary/aromatic N) is 3. The second kappa shape index (κ2) is 2.34. The minimum atomic E-state index is -0.207. The van der Waals surface area contributed by atoms with Crippen LogP contribution in [0.2, 0.25) is 0 Å². The molecule has 0 atom stereocenters. The Bertz CT molecular complexity index is 550. The predicted octanol–water partition coefficient (Wildman–Crippen LogP) is -0.289. The maximum Gasteiger partial charge on any atom is 0.279 e. The molecule has 2 heterocycles. The van der Waals surface area contributed by atoms with Crippen LogP contribution >= 0.6 is 0 Å². The van der Waals surface area contributed by atoms with Gasteiger partial charge < -0.3 is 10.8 Å². The van der Waals surface area contributed by atoms with E-state index in [9.17, 15) is 4.79 Å². The molecule has 6 nitrogen and oxygen atoms in total. The third kappa shape index (κ3) is 0.935. The van der Waals surface area contributed by atoms with Crippen LogP contribution in [-0.2, 0) is 0 Å². The van der Waals surface area contributed by atoms with Gasteiger partial charge in [-0.2, -0.15) is 0 Å². The average molecular weight is 191 g/mol. The number of fused-ring (bicyclic) bond motifs is 1. The van der Waals surface area contributed by atoms with Gasteiger partial charge in [0.1, 0.15) is 12.2 Å². The number of aromatic nitrogens is 4. The minimum Gasteiger partial charge on any atom is -0.336 e. The second-order valence-corrected chi connectivity index (χ2v) is 3.55. The predicted molar refractivity (Wildman–Crippen MR) is 50.3 cm³/mol. The van der Waals surface area contributed by atoms with Gasteiger partial charge in [-0.15, -0.1) is 0 Å². The molecule has 0 aliphatic heterocycles. The topological polar surface area (TPSA) is 89.6 Å². The van der Waals surface area contributed by atoms with E-state index in [-0.39, 0.29) is 5.56 Å². The standard InChI is InChI=1S/C8H9N5O/c9-13-3-10-5-7(13)11-6(4-1-2-4)12-8(5)14/h3-4H,1-2,9H2,(H,11,12,14). The fourth-order valence-electron chi connectivity index (χ4n) is 1.49. The van der Waals surface area contributed by atoms with Crippen LogP contribution in [0.5, 0.6) is 0 Å². The zero-order valence-electron chi connectivity index (χ0n) is 7.40. The van der Waals surface area contributed by atoms with Gasteiger partial charge in [-0.05, 0) is 12.8 Å². The molecule has 2 aromatic rings. The zero-order chi connectivity index (χ0) is 9.71. The Balaban J connectivity index is 2.36. The Morgan fingerprint density at radius 3 is 3.07 bits per heavy atom. The highest BCUT2D eigenvalue weighted by Crippen LogP contribution is 2.37. The van der Waals surface area contributed by atoms with E-state index in [0.717, 1.165) is 18.7 Å². The van der Waals surface area contributed by atoms with E-state index in [1.165, 1.54) is 11.0 Å². The molecular weight excluding hydrogens is 182 g/mol. The molecule has 3 N–H and O–H groups in total. The number of nitrogens with one attached hydrogen (secondary N) is 1. The van der Waals surface area contributed by atoms with Gasteiger partial charge in [0.15, 0.2) is 11.2 Å². The molecule has 1 fully saturated rings. The van der Waals surface area contributed by atoms with Crippen molar-refractivity contribution in [1.29, 1.82) is 0 Å². The van der Waals surface area contributed by atoms with Gasteiger partial charge in [0.2, 0.25) is 0 Å². The van der Waals surface area contributed by atoms with Crippen molar-refractivity contribution in [2.75, 3.05) is 5.84 Å². The lowest BCUT2D eigenvalue weighted by molar-refractivity contribution is 0.909. The van der Waals surface area contributed by atoms with Crippen LogP contribution in [0.25, 0.3) is 11.2 Å². The summed E-state index contributed by atoms with van der Waals surface area (Å²) in [7, 11) is 0. The highest BCUT2D eigenvalue weighted by Gasteiger charge is 2.27. The van der Waals surface area contributed by atoms with Crippen molar-refractivity contribution in [3.05, 3.63) is 22.5 Å². The van der Waals surface area contributed by atoms with Crippen molar-refractivity contribution in [1.82, 2.24) is 19.6 Å². The van der Waals surface area contributed by atoms with Gasteiger partial charge in [0.25, 0.3) is 5.56 Å². The minimum absolute atomic E-state index is 0.207. The Hall–Kier alpha value is -1.85. The SMILES string of the molecule is Nn1cnc2c(=O)[nH]c(C3CC3)nc21. The second-order valence-electron chi connectivity index (χ2n) is 3.55. The van der Waals surface area contributed by atoms with Crippen LogP contribution in [0.1, 0.15) is 24.6 Å². The van der Waals surface area contributed by atoms with E-state index in [0.29, 0.717) is 17.1 Å². The number of rotatable bonds is 1. The molecule has 1 aliphatic rings. The van der Waals surface area contributed by atoms with Crippen molar-refractivity contribution in [2.45, 2.75) is 18.8 Å². The van der Waals surface area contributed by atoms with Gasteiger partial charge in [-0.25, -0.2) is 14.6 Å². The normalized spacial score (nSPS) is 16.3. The Morgan fingerprint density at radius 2 is 2.36 bits per heavy atom. The fourth-order valence-corrected chi connectivity index (χ4v) is 1.49. The summed E-state index contributed by atoms with van der Waals surface area (Å²) in [5, 5.41) is 0. The first-order valence-electron chi connectivity index (χ1n) is 4.48. The van der Waals surface area contributed by atoms with Crippen LogP contribution < -0.4 is 11.4 Å². The Morgan fingerprint density at radius 1 is 1.57 bits per heavy atom. The van der Waals surface area contributed by atoms with E-state index in [1.807, 2.05) is 0 Å². The molecule has 0 unspecified atom stereocenters. The summed E-state index contributed by atoms with van der Waals surface area (Å²) in [5.74, 6) is 6.71. The van der Waals surface area contributed by atoms with Crippen LogP contribution in [-0.4, -0.2) is 19.6 Å². The first-order chi connectivity index (χ1) is 6.75. The highest BCUT2D eigenvalue weighted by atomic mass is 16.1. The van der Waals surface area contributed by atoms with Crippen molar-refractivity contribution in [3.63, 3.8) is 0 Å². The Kier molecular flexibility index (Phi) is 1.26. The molecule has 0 bridgehead atoms. The van der Waals surface area contributed by atoms with Gasteiger partial charge in [0.05, 0.1) is 0 Å². The number of nitrogen functional groups attached to an aromatic ring is 1. The molecule has 0 radical (unpaired) electrons. The van der Waals surface area contributed by atoms with E-state index in [2.05, 4.69) is 15.0 Å². The van der Waals surface area contributed by atoms with E-state index < -0.39 is 0 Å². The van der Waals surface area contributed by atoms with Crippen LogP contribution in [0.3, 0.4) is 0 Å². The number of H-pyrrole nitrogens is 1. The number of hydrogen-bond acceptors (Lipinski definition) is 4. The molecule has 0 saturated heterocycles.